The number of rotatable bonds is 8. The van der Waals surface area contributed by atoms with E-state index in [4.69, 9.17) is 19.4 Å². The molecule has 2 heterocycles. The van der Waals surface area contributed by atoms with Gasteiger partial charge in [-0.3, -0.25) is 0 Å². The summed E-state index contributed by atoms with van der Waals surface area (Å²) in [5.74, 6) is 0.604. The summed E-state index contributed by atoms with van der Waals surface area (Å²) in [6, 6.07) is 59.5. The molecule has 8 aromatic carbocycles. The van der Waals surface area contributed by atoms with Gasteiger partial charge in [0.05, 0.1) is 22.4 Å². The van der Waals surface area contributed by atoms with Gasteiger partial charge in [0, 0.05) is 33.8 Å². The van der Waals surface area contributed by atoms with Crippen LogP contribution >= 0.6 is 0 Å². The summed E-state index contributed by atoms with van der Waals surface area (Å²) < 4.78 is 6.09. The van der Waals surface area contributed by atoms with Gasteiger partial charge < -0.3 is 9.32 Å². The van der Waals surface area contributed by atoms with Crippen LogP contribution in [0.2, 0.25) is 0 Å². The summed E-state index contributed by atoms with van der Waals surface area (Å²) in [6.07, 6.45) is 0. The fraction of sp³-hybridized carbons (Fsp3) is 0.105. The summed E-state index contributed by atoms with van der Waals surface area (Å²) >= 11 is 0. The lowest BCUT2D eigenvalue weighted by Gasteiger charge is -2.26. The first kappa shape index (κ1) is 38.6. The van der Waals surface area contributed by atoms with Crippen LogP contribution in [-0.2, 0) is 0 Å². The average molecular weight is 803 g/mol. The molecule has 0 amide bonds. The topological polar surface area (TPSA) is 55.1 Å². The fourth-order valence-corrected chi connectivity index (χ4v) is 9.27. The van der Waals surface area contributed by atoms with E-state index in [1.165, 1.54) is 55.6 Å². The van der Waals surface area contributed by atoms with E-state index in [9.17, 15) is 0 Å². The van der Waals surface area contributed by atoms with Crippen LogP contribution in [0.3, 0.4) is 0 Å². The van der Waals surface area contributed by atoms with Gasteiger partial charge in [-0.15, -0.1) is 0 Å². The maximum absolute atomic E-state index is 6.09. The zero-order chi connectivity index (χ0) is 42.5. The molecule has 0 aliphatic carbocycles. The monoisotopic (exact) mass is 802 g/mol. The smallest absolute Gasteiger partial charge is 0.227 e. The first-order valence-corrected chi connectivity index (χ1v) is 21.2. The van der Waals surface area contributed by atoms with Gasteiger partial charge in [-0.1, -0.05) is 108 Å². The van der Waals surface area contributed by atoms with Gasteiger partial charge >= 0.3 is 0 Å². The number of aryl methyl sites for hydroxylation is 6. The standard InChI is InChI=1S/C57H46N4O/c1-35-29-37(3)53(38(4)30-35)47-33-50-51(34-48(47)54-39(5)31-36(2)32-40(54)6)59-56(55(58-50)41-15-9-7-10-16-41)42-21-25-45(26-22-42)61(44-17-11-8-12-18-44)46-27-23-43(24-28-46)57-60-49-19-13-14-20-52(49)62-57/h7-34H,1-6H3. The van der Waals surface area contributed by atoms with Crippen LogP contribution in [0.1, 0.15) is 33.4 Å². The Labute approximate surface area is 363 Å². The van der Waals surface area contributed by atoms with E-state index in [1.54, 1.807) is 0 Å². The number of aromatic nitrogens is 3. The van der Waals surface area contributed by atoms with Gasteiger partial charge in [-0.2, -0.15) is 0 Å². The van der Waals surface area contributed by atoms with Crippen LogP contribution < -0.4 is 4.90 Å². The van der Waals surface area contributed by atoms with Gasteiger partial charge in [-0.05, 0) is 159 Å². The van der Waals surface area contributed by atoms with Crippen molar-refractivity contribution in [2.24, 2.45) is 0 Å². The third-order valence-electron chi connectivity index (χ3n) is 11.8. The molecule has 0 saturated carbocycles. The quantitative estimate of drug-likeness (QED) is 0.153. The van der Waals surface area contributed by atoms with Crippen LogP contribution in [0, 0.1) is 41.5 Å². The molecule has 0 saturated heterocycles. The van der Waals surface area contributed by atoms with Crippen molar-refractivity contribution in [1.29, 1.82) is 0 Å². The van der Waals surface area contributed by atoms with Gasteiger partial charge in [0.2, 0.25) is 5.89 Å². The number of fused-ring (bicyclic) bond motifs is 2. The molecule has 62 heavy (non-hydrogen) atoms. The maximum atomic E-state index is 6.09. The third-order valence-corrected chi connectivity index (χ3v) is 11.8. The minimum absolute atomic E-state index is 0.604. The Kier molecular flexibility index (Phi) is 9.80. The zero-order valence-electron chi connectivity index (χ0n) is 35.9. The zero-order valence-corrected chi connectivity index (χ0v) is 35.9. The van der Waals surface area contributed by atoms with Crippen molar-refractivity contribution in [2.75, 3.05) is 4.90 Å². The Bertz CT molecular complexity index is 3200. The second kappa shape index (κ2) is 15.8. The highest BCUT2D eigenvalue weighted by atomic mass is 16.3. The van der Waals surface area contributed by atoms with E-state index in [0.717, 1.165) is 67.3 Å². The Morgan fingerprint density at radius 3 is 1.29 bits per heavy atom. The van der Waals surface area contributed by atoms with Crippen LogP contribution in [0.4, 0.5) is 17.1 Å². The van der Waals surface area contributed by atoms with E-state index < -0.39 is 0 Å². The number of hydrogen-bond acceptors (Lipinski definition) is 5. The van der Waals surface area contributed by atoms with Crippen LogP contribution in [0.15, 0.2) is 174 Å². The maximum Gasteiger partial charge on any atom is 0.227 e. The van der Waals surface area contributed by atoms with E-state index in [-0.39, 0.29) is 0 Å². The summed E-state index contributed by atoms with van der Waals surface area (Å²) in [6.45, 7) is 13.2. The number of oxazole rings is 1. The van der Waals surface area contributed by atoms with Gasteiger partial charge in [0.15, 0.2) is 5.58 Å². The molecule has 0 fully saturated rings. The molecule has 0 spiro atoms. The Balaban J connectivity index is 1.11. The molecule has 0 unspecified atom stereocenters. The molecular formula is C57H46N4O. The predicted octanol–water partition coefficient (Wildman–Crippen LogP) is 15.4. The molecule has 0 aliphatic rings. The van der Waals surface area contributed by atoms with Crippen molar-refractivity contribution in [1.82, 2.24) is 15.0 Å². The molecule has 0 aliphatic heterocycles. The Morgan fingerprint density at radius 2 is 0.790 bits per heavy atom. The lowest BCUT2D eigenvalue weighted by Crippen LogP contribution is -2.09. The molecular weight excluding hydrogens is 757 g/mol. The molecule has 0 bridgehead atoms. The molecule has 2 aromatic heterocycles. The minimum atomic E-state index is 0.604. The van der Waals surface area contributed by atoms with Gasteiger partial charge in [0.25, 0.3) is 0 Å². The minimum Gasteiger partial charge on any atom is -0.436 e. The lowest BCUT2D eigenvalue weighted by atomic mass is 9.85. The summed E-state index contributed by atoms with van der Waals surface area (Å²) in [5.41, 5.74) is 23.4. The second-order valence-electron chi connectivity index (χ2n) is 16.5. The van der Waals surface area contributed by atoms with E-state index in [2.05, 4.69) is 180 Å². The molecule has 0 atom stereocenters. The number of nitrogens with zero attached hydrogens (tertiary/aromatic N) is 4. The summed E-state index contributed by atoms with van der Waals surface area (Å²) in [5, 5.41) is 0. The highest BCUT2D eigenvalue weighted by molar-refractivity contribution is 5.98. The van der Waals surface area contributed by atoms with Gasteiger partial charge in [0.1, 0.15) is 5.52 Å². The lowest BCUT2D eigenvalue weighted by molar-refractivity contribution is 0.620. The largest absolute Gasteiger partial charge is 0.436 e. The number of anilines is 3. The summed E-state index contributed by atoms with van der Waals surface area (Å²) in [7, 11) is 0. The van der Waals surface area contributed by atoms with E-state index in [1.807, 2.05) is 36.4 Å². The van der Waals surface area contributed by atoms with Crippen LogP contribution in [0.5, 0.6) is 0 Å². The fourth-order valence-electron chi connectivity index (χ4n) is 9.27. The van der Waals surface area contributed by atoms with Crippen molar-refractivity contribution in [3.63, 3.8) is 0 Å². The molecule has 5 heteroatoms. The van der Waals surface area contributed by atoms with Crippen LogP contribution in [-0.4, -0.2) is 15.0 Å². The Morgan fingerprint density at radius 1 is 0.371 bits per heavy atom. The molecule has 10 rings (SSSR count). The molecule has 0 N–H and O–H groups in total. The van der Waals surface area contributed by atoms with E-state index >= 15 is 0 Å². The van der Waals surface area contributed by atoms with Gasteiger partial charge in [-0.25, -0.2) is 15.0 Å². The second-order valence-corrected chi connectivity index (χ2v) is 16.5. The highest BCUT2D eigenvalue weighted by Crippen LogP contribution is 2.43. The number of para-hydroxylation sites is 3. The van der Waals surface area contributed by atoms with Crippen molar-refractivity contribution >= 4 is 39.2 Å². The number of hydrogen-bond donors (Lipinski definition) is 0. The Hall–Kier alpha value is -7.63. The number of benzene rings is 8. The summed E-state index contributed by atoms with van der Waals surface area (Å²) in [4.78, 5) is 18.0. The first-order valence-electron chi connectivity index (χ1n) is 21.2. The molecule has 300 valence electrons. The molecule has 10 aromatic rings. The van der Waals surface area contributed by atoms with Crippen molar-refractivity contribution in [3.05, 3.63) is 203 Å². The highest BCUT2D eigenvalue weighted by Gasteiger charge is 2.22. The van der Waals surface area contributed by atoms with Crippen molar-refractivity contribution in [2.45, 2.75) is 41.5 Å². The predicted molar refractivity (Wildman–Crippen MR) is 257 cm³/mol. The van der Waals surface area contributed by atoms with E-state index in [0.29, 0.717) is 5.89 Å². The van der Waals surface area contributed by atoms with Crippen molar-refractivity contribution in [3.8, 4) is 56.2 Å². The van der Waals surface area contributed by atoms with Crippen LogP contribution in [0.25, 0.3) is 78.4 Å². The molecule has 5 nitrogen and oxygen atoms in total. The van der Waals surface area contributed by atoms with Crippen molar-refractivity contribution < 1.29 is 4.42 Å². The first-order chi connectivity index (χ1) is 30.2. The molecule has 0 radical (unpaired) electrons. The third kappa shape index (κ3) is 7.11. The normalized spacial score (nSPS) is 11.4. The SMILES string of the molecule is Cc1cc(C)c(-c2cc3nc(-c4ccccc4)c(-c4ccc(N(c5ccccc5)c5ccc(-c6nc7ccccc7o6)cc5)cc4)nc3cc2-c2c(C)cc(C)cc2C)c(C)c1. The average Bonchev–Trinajstić information content (AvgIpc) is 3.71.